The van der Waals surface area contributed by atoms with E-state index >= 15 is 0 Å². The van der Waals surface area contributed by atoms with Crippen LogP contribution in [0.3, 0.4) is 0 Å². The fraction of sp³-hybridized carbons (Fsp3) is 0.571. The van der Waals surface area contributed by atoms with Gasteiger partial charge in [0.1, 0.15) is 10.9 Å². The Labute approximate surface area is 118 Å². The Hall–Kier alpha value is -1.38. The summed E-state index contributed by atoms with van der Waals surface area (Å²) >= 11 is 1.25. The van der Waals surface area contributed by atoms with Gasteiger partial charge in [-0.3, -0.25) is 4.79 Å². The minimum absolute atomic E-state index is 0.128. The van der Waals surface area contributed by atoms with E-state index in [4.69, 9.17) is 5.26 Å². The second-order valence-electron chi connectivity index (χ2n) is 5.64. The first-order chi connectivity index (χ1) is 8.79. The molecule has 0 spiro atoms. The van der Waals surface area contributed by atoms with Crippen LogP contribution in [-0.2, 0) is 0 Å². The summed E-state index contributed by atoms with van der Waals surface area (Å²) in [5, 5.41) is 23.5. The van der Waals surface area contributed by atoms with Gasteiger partial charge in [0.05, 0.1) is 11.7 Å². The summed E-state index contributed by atoms with van der Waals surface area (Å²) in [4.78, 5) is 12.4. The Bertz CT molecular complexity index is 486. The van der Waals surface area contributed by atoms with Crippen molar-refractivity contribution < 1.29 is 9.90 Å². The predicted molar refractivity (Wildman–Crippen MR) is 76.0 cm³/mol. The molecule has 0 saturated heterocycles. The van der Waals surface area contributed by atoms with Crippen molar-refractivity contribution in [2.75, 3.05) is 6.54 Å². The molecule has 2 N–H and O–H groups in total. The zero-order valence-electron chi connectivity index (χ0n) is 11.7. The molecule has 0 fully saturated rings. The van der Waals surface area contributed by atoms with Crippen molar-refractivity contribution in [2.45, 2.75) is 33.8 Å². The molecule has 4 nitrogen and oxygen atoms in total. The molecule has 5 heteroatoms. The highest BCUT2D eigenvalue weighted by Crippen LogP contribution is 2.25. The lowest BCUT2D eigenvalue weighted by molar-refractivity contribution is 0.0138. The Morgan fingerprint density at radius 2 is 2.21 bits per heavy atom. The van der Waals surface area contributed by atoms with Crippen LogP contribution in [0.15, 0.2) is 11.4 Å². The van der Waals surface area contributed by atoms with Gasteiger partial charge in [-0.25, -0.2) is 0 Å². The summed E-state index contributed by atoms with van der Waals surface area (Å²) in [6, 6.07) is 3.63. The Morgan fingerprint density at radius 1 is 1.58 bits per heavy atom. The van der Waals surface area contributed by atoms with E-state index in [0.717, 1.165) is 0 Å². The average molecular weight is 280 g/mol. The highest BCUT2D eigenvalue weighted by atomic mass is 32.1. The Balaban J connectivity index is 2.67. The second kappa shape index (κ2) is 6.18. The molecule has 0 aliphatic heterocycles. The SMILES string of the molecule is CC(C)C(O)C(C)(C)CNC(=O)c1sccc1C#N. The number of thiophene rings is 1. The summed E-state index contributed by atoms with van der Waals surface area (Å²) in [7, 11) is 0. The molecule has 0 aromatic carbocycles. The molecular formula is C14H20N2O2S. The number of nitrogens with zero attached hydrogens (tertiary/aromatic N) is 1. The number of aliphatic hydroxyl groups excluding tert-OH is 1. The van der Waals surface area contributed by atoms with Crippen molar-refractivity contribution in [1.29, 1.82) is 5.26 Å². The van der Waals surface area contributed by atoms with Gasteiger partial charge in [0.15, 0.2) is 0 Å². The number of aliphatic hydroxyl groups is 1. The molecule has 1 atom stereocenters. The molecule has 1 unspecified atom stereocenters. The molecule has 1 heterocycles. The van der Waals surface area contributed by atoms with Gasteiger partial charge in [0.25, 0.3) is 5.91 Å². The second-order valence-corrected chi connectivity index (χ2v) is 6.55. The van der Waals surface area contributed by atoms with Gasteiger partial charge in [-0.1, -0.05) is 27.7 Å². The summed E-state index contributed by atoms with van der Waals surface area (Å²) in [6.45, 7) is 8.09. The van der Waals surface area contributed by atoms with E-state index in [0.29, 0.717) is 17.0 Å². The number of hydrogen-bond donors (Lipinski definition) is 2. The molecule has 1 rings (SSSR count). The molecule has 0 radical (unpaired) electrons. The molecule has 0 saturated carbocycles. The topological polar surface area (TPSA) is 73.1 Å². The van der Waals surface area contributed by atoms with Gasteiger partial charge in [-0.05, 0) is 17.4 Å². The zero-order chi connectivity index (χ0) is 14.6. The van der Waals surface area contributed by atoms with Crippen molar-refractivity contribution in [1.82, 2.24) is 5.32 Å². The summed E-state index contributed by atoms with van der Waals surface area (Å²) in [5.41, 5.74) is -0.0156. The number of nitrogens with one attached hydrogen (secondary N) is 1. The zero-order valence-corrected chi connectivity index (χ0v) is 12.5. The Morgan fingerprint density at radius 3 is 2.74 bits per heavy atom. The maximum atomic E-state index is 12.0. The quantitative estimate of drug-likeness (QED) is 0.869. The normalized spacial score (nSPS) is 13.1. The van der Waals surface area contributed by atoms with E-state index < -0.39 is 11.5 Å². The number of nitriles is 1. The van der Waals surface area contributed by atoms with Crippen LogP contribution < -0.4 is 5.32 Å². The third kappa shape index (κ3) is 3.79. The van der Waals surface area contributed by atoms with Gasteiger partial charge in [-0.15, -0.1) is 11.3 Å². The first-order valence-corrected chi connectivity index (χ1v) is 7.11. The fourth-order valence-corrected chi connectivity index (χ4v) is 2.73. The van der Waals surface area contributed by atoms with Crippen LogP contribution in [-0.4, -0.2) is 23.7 Å². The lowest BCUT2D eigenvalue weighted by Crippen LogP contribution is -2.43. The van der Waals surface area contributed by atoms with Gasteiger partial charge in [0, 0.05) is 12.0 Å². The minimum atomic E-state index is -0.494. The van der Waals surface area contributed by atoms with E-state index in [9.17, 15) is 9.90 Å². The van der Waals surface area contributed by atoms with Crippen molar-refractivity contribution in [3.05, 3.63) is 21.9 Å². The van der Waals surface area contributed by atoms with Crippen molar-refractivity contribution in [3.8, 4) is 6.07 Å². The number of amides is 1. The monoisotopic (exact) mass is 280 g/mol. The molecule has 0 aliphatic carbocycles. The van der Waals surface area contributed by atoms with Gasteiger partial charge < -0.3 is 10.4 Å². The predicted octanol–water partition coefficient (Wildman–Crippen LogP) is 2.39. The first-order valence-electron chi connectivity index (χ1n) is 6.23. The lowest BCUT2D eigenvalue weighted by atomic mass is 9.80. The van der Waals surface area contributed by atoms with E-state index in [1.165, 1.54) is 11.3 Å². The number of carbonyl (C=O) groups is 1. The molecule has 0 aliphatic rings. The van der Waals surface area contributed by atoms with Gasteiger partial charge in [0.2, 0.25) is 0 Å². The smallest absolute Gasteiger partial charge is 0.262 e. The summed E-state index contributed by atoms with van der Waals surface area (Å²) in [6.07, 6.45) is -0.494. The molecular weight excluding hydrogens is 260 g/mol. The fourth-order valence-electron chi connectivity index (χ4n) is 1.97. The maximum absolute atomic E-state index is 12.0. The molecule has 19 heavy (non-hydrogen) atoms. The van der Waals surface area contributed by atoms with Crippen LogP contribution >= 0.6 is 11.3 Å². The van der Waals surface area contributed by atoms with Crippen molar-refractivity contribution in [3.63, 3.8) is 0 Å². The molecule has 104 valence electrons. The number of rotatable bonds is 5. The average Bonchev–Trinajstić information content (AvgIpc) is 2.83. The van der Waals surface area contributed by atoms with Crippen molar-refractivity contribution >= 4 is 17.2 Å². The third-order valence-corrected chi connectivity index (χ3v) is 4.04. The van der Waals surface area contributed by atoms with E-state index in [1.807, 2.05) is 33.8 Å². The third-order valence-electron chi connectivity index (χ3n) is 3.13. The first kappa shape index (κ1) is 15.7. The highest BCUT2D eigenvalue weighted by Gasteiger charge is 2.30. The van der Waals surface area contributed by atoms with Crippen LogP contribution in [0.25, 0.3) is 0 Å². The highest BCUT2D eigenvalue weighted by molar-refractivity contribution is 7.12. The minimum Gasteiger partial charge on any atom is -0.392 e. The van der Waals surface area contributed by atoms with Crippen LogP contribution in [0, 0.1) is 22.7 Å². The largest absolute Gasteiger partial charge is 0.392 e. The van der Waals surface area contributed by atoms with E-state index in [2.05, 4.69) is 5.32 Å². The maximum Gasteiger partial charge on any atom is 0.262 e. The number of hydrogen-bond acceptors (Lipinski definition) is 4. The van der Waals surface area contributed by atoms with Crippen LogP contribution in [0.2, 0.25) is 0 Å². The molecule has 0 bridgehead atoms. The van der Waals surface area contributed by atoms with Crippen LogP contribution in [0.5, 0.6) is 0 Å². The van der Waals surface area contributed by atoms with Gasteiger partial charge in [-0.2, -0.15) is 5.26 Å². The molecule has 1 aromatic heterocycles. The van der Waals surface area contributed by atoms with Crippen LogP contribution in [0.1, 0.15) is 42.9 Å². The summed E-state index contributed by atoms with van der Waals surface area (Å²) in [5.74, 6) is -0.126. The summed E-state index contributed by atoms with van der Waals surface area (Å²) < 4.78 is 0. The Kier molecular flexibility index (Phi) is 5.10. The van der Waals surface area contributed by atoms with E-state index in [-0.39, 0.29) is 11.8 Å². The standard InChI is InChI=1S/C14H20N2O2S/c1-9(2)12(17)14(3,4)8-16-13(18)11-10(7-15)5-6-19-11/h5-6,9,12,17H,8H2,1-4H3,(H,16,18). The van der Waals surface area contributed by atoms with Gasteiger partial charge >= 0.3 is 0 Å². The lowest BCUT2D eigenvalue weighted by Gasteiger charge is -2.33. The van der Waals surface area contributed by atoms with E-state index in [1.54, 1.807) is 11.4 Å². The molecule has 1 aromatic rings. The number of carbonyl (C=O) groups excluding carboxylic acids is 1. The molecule has 1 amide bonds. The van der Waals surface area contributed by atoms with Crippen LogP contribution in [0.4, 0.5) is 0 Å². The van der Waals surface area contributed by atoms with Crippen molar-refractivity contribution in [2.24, 2.45) is 11.3 Å².